The van der Waals surface area contributed by atoms with Crippen LogP contribution in [0.4, 0.5) is 0 Å². The SMILES string of the molecule is COCOc1ccc2c(c1)C[C@@H](CCCCCC1=C(Cc3ccccc3)[CH]1)[C@@H]1[C@@H]2CCC2(C)[C@@H](OCOC)CC[C@@H]12. The minimum absolute atomic E-state index is 0.264. The van der Waals surface area contributed by atoms with E-state index in [1.165, 1.54) is 75.3 Å². The Labute approximate surface area is 247 Å². The van der Waals surface area contributed by atoms with E-state index < -0.39 is 0 Å². The second-order valence-electron chi connectivity index (χ2n) is 13.3. The highest BCUT2D eigenvalue weighted by Crippen LogP contribution is 2.63. The highest BCUT2D eigenvalue weighted by Gasteiger charge is 2.57. The van der Waals surface area contributed by atoms with Crippen LogP contribution in [0.3, 0.4) is 0 Å². The Morgan fingerprint density at radius 2 is 1.73 bits per heavy atom. The largest absolute Gasteiger partial charge is 0.468 e. The molecule has 0 bridgehead atoms. The summed E-state index contributed by atoms with van der Waals surface area (Å²) in [5.74, 6) is 3.82. The Morgan fingerprint density at radius 3 is 2.56 bits per heavy atom. The Morgan fingerprint density at radius 1 is 0.878 bits per heavy atom. The molecule has 2 saturated carbocycles. The van der Waals surface area contributed by atoms with E-state index in [1.54, 1.807) is 30.9 Å². The summed E-state index contributed by atoms with van der Waals surface area (Å²) in [6.45, 7) is 3.25. The van der Waals surface area contributed by atoms with Gasteiger partial charge in [-0.2, -0.15) is 0 Å². The van der Waals surface area contributed by atoms with Crippen molar-refractivity contribution in [2.45, 2.75) is 89.6 Å². The van der Waals surface area contributed by atoms with Gasteiger partial charge in [-0.25, -0.2) is 0 Å². The summed E-state index contributed by atoms with van der Waals surface area (Å²) in [6.07, 6.45) is 16.6. The molecule has 221 valence electrons. The van der Waals surface area contributed by atoms with Crippen molar-refractivity contribution in [3.63, 3.8) is 0 Å². The minimum atomic E-state index is 0.264. The monoisotopic (exact) mass is 557 g/mol. The number of hydrogen-bond donors (Lipinski definition) is 0. The molecule has 2 aromatic carbocycles. The quantitative estimate of drug-likeness (QED) is 0.172. The van der Waals surface area contributed by atoms with Crippen molar-refractivity contribution in [2.75, 3.05) is 27.8 Å². The molecule has 4 heteroatoms. The number of allylic oxidation sites excluding steroid dienone is 2. The lowest BCUT2D eigenvalue weighted by molar-refractivity contribution is -0.128. The second-order valence-corrected chi connectivity index (χ2v) is 13.3. The molecule has 0 aromatic heterocycles. The van der Waals surface area contributed by atoms with Crippen LogP contribution < -0.4 is 4.74 Å². The molecule has 1 unspecified atom stereocenters. The van der Waals surface area contributed by atoms with E-state index in [4.69, 9.17) is 18.9 Å². The molecule has 2 fully saturated rings. The summed E-state index contributed by atoms with van der Waals surface area (Å²) in [6, 6.07) is 17.7. The fourth-order valence-electron chi connectivity index (χ4n) is 8.93. The molecule has 6 rings (SSSR count). The third-order valence-electron chi connectivity index (χ3n) is 11.0. The van der Waals surface area contributed by atoms with Gasteiger partial charge in [-0.15, -0.1) is 0 Å². The maximum absolute atomic E-state index is 6.29. The zero-order valence-corrected chi connectivity index (χ0v) is 25.4. The topological polar surface area (TPSA) is 36.9 Å². The van der Waals surface area contributed by atoms with Crippen LogP contribution >= 0.6 is 0 Å². The lowest BCUT2D eigenvalue weighted by atomic mass is 9.52. The third kappa shape index (κ3) is 6.31. The molecule has 0 spiro atoms. The molecule has 0 aliphatic heterocycles. The van der Waals surface area contributed by atoms with E-state index in [-0.39, 0.29) is 5.41 Å². The number of hydrogen-bond acceptors (Lipinski definition) is 4. The van der Waals surface area contributed by atoms with Crippen molar-refractivity contribution >= 4 is 0 Å². The fourth-order valence-corrected chi connectivity index (χ4v) is 8.93. The lowest BCUT2D eigenvalue weighted by Crippen LogP contribution is -2.47. The van der Waals surface area contributed by atoms with Crippen molar-refractivity contribution in [1.29, 1.82) is 0 Å². The van der Waals surface area contributed by atoms with Gasteiger partial charge >= 0.3 is 0 Å². The standard InChI is InChI=1S/C37H49O4/c1-37-19-18-33-32-15-14-31(40-24-38-2)23-30(32)22-28(36(33)34(37)16-17-35(37)41-25-39-3)13-9-5-8-12-27-21-29(27)20-26-10-6-4-7-11-26/h4,6-7,10-11,14-15,21,23,28,33-36H,5,8-9,12-13,16-20,22,24-25H2,1-3H3/t28-,33-,34+,35+,36-,37?/m1/s1. The lowest BCUT2D eigenvalue weighted by Gasteiger charge is -2.53. The van der Waals surface area contributed by atoms with E-state index >= 15 is 0 Å². The van der Waals surface area contributed by atoms with Gasteiger partial charge in [-0.1, -0.05) is 67.3 Å². The predicted molar refractivity (Wildman–Crippen MR) is 164 cm³/mol. The van der Waals surface area contributed by atoms with Crippen LogP contribution in [0.1, 0.15) is 87.3 Å². The average Bonchev–Trinajstić information content (AvgIpc) is 3.64. The van der Waals surface area contributed by atoms with Gasteiger partial charge in [0, 0.05) is 20.6 Å². The van der Waals surface area contributed by atoms with Crippen LogP contribution in [-0.4, -0.2) is 33.9 Å². The smallest absolute Gasteiger partial charge is 0.188 e. The maximum atomic E-state index is 6.29. The second kappa shape index (κ2) is 13.0. The number of methoxy groups -OCH3 is 2. The highest BCUT2D eigenvalue weighted by atomic mass is 16.7. The van der Waals surface area contributed by atoms with Gasteiger partial charge < -0.3 is 18.9 Å². The molecule has 2 aromatic rings. The van der Waals surface area contributed by atoms with E-state index in [0.717, 1.165) is 29.9 Å². The van der Waals surface area contributed by atoms with Crippen LogP contribution in [0.2, 0.25) is 0 Å². The molecule has 0 heterocycles. The molecule has 41 heavy (non-hydrogen) atoms. The number of rotatable bonds is 14. The van der Waals surface area contributed by atoms with E-state index in [2.05, 4.69) is 61.9 Å². The Hall–Kier alpha value is -2.14. The van der Waals surface area contributed by atoms with Gasteiger partial charge in [0.1, 0.15) is 12.5 Å². The number of fused-ring (bicyclic) bond motifs is 5. The molecule has 6 atom stereocenters. The van der Waals surface area contributed by atoms with Crippen LogP contribution in [0.15, 0.2) is 59.7 Å². The van der Waals surface area contributed by atoms with Crippen molar-refractivity contribution in [3.8, 4) is 5.75 Å². The number of benzene rings is 2. The van der Waals surface area contributed by atoms with E-state index in [9.17, 15) is 0 Å². The van der Waals surface area contributed by atoms with Crippen LogP contribution in [0, 0.1) is 29.6 Å². The Bertz CT molecular complexity index is 1190. The molecule has 0 N–H and O–H groups in total. The van der Waals surface area contributed by atoms with Crippen molar-refractivity contribution in [1.82, 2.24) is 0 Å². The van der Waals surface area contributed by atoms with E-state index in [1.807, 2.05) is 0 Å². The van der Waals surface area contributed by atoms with Crippen molar-refractivity contribution in [3.05, 3.63) is 82.8 Å². The Kier molecular flexibility index (Phi) is 9.19. The Balaban J connectivity index is 1.11. The summed E-state index contributed by atoms with van der Waals surface area (Å²) in [5, 5.41) is 0. The maximum Gasteiger partial charge on any atom is 0.188 e. The first-order chi connectivity index (χ1) is 20.1. The summed E-state index contributed by atoms with van der Waals surface area (Å²) < 4.78 is 22.7. The molecule has 0 amide bonds. The van der Waals surface area contributed by atoms with Gasteiger partial charge in [0.05, 0.1) is 6.10 Å². The van der Waals surface area contributed by atoms with Gasteiger partial charge in [0.15, 0.2) is 6.79 Å². The highest BCUT2D eigenvalue weighted by molar-refractivity contribution is 5.52. The average molecular weight is 558 g/mol. The summed E-state index contributed by atoms with van der Waals surface area (Å²) >= 11 is 0. The molecule has 4 aliphatic carbocycles. The first-order valence-corrected chi connectivity index (χ1v) is 16.1. The molecular formula is C37H49O4. The van der Waals surface area contributed by atoms with Gasteiger partial charge in [-0.05, 0) is 116 Å². The molecule has 4 nitrogen and oxygen atoms in total. The van der Waals surface area contributed by atoms with Crippen molar-refractivity contribution < 1.29 is 18.9 Å². The number of unbranched alkanes of at least 4 members (excludes halogenated alkanes) is 2. The fraction of sp³-hybridized carbons (Fsp3) is 0.595. The molecule has 0 saturated heterocycles. The minimum Gasteiger partial charge on any atom is -0.468 e. The predicted octanol–water partition coefficient (Wildman–Crippen LogP) is 8.45. The van der Waals surface area contributed by atoms with Gasteiger partial charge in [0.2, 0.25) is 0 Å². The summed E-state index contributed by atoms with van der Waals surface area (Å²) in [7, 11) is 3.43. The zero-order valence-electron chi connectivity index (χ0n) is 25.4. The van der Waals surface area contributed by atoms with Crippen LogP contribution in [-0.2, 0) is 27.1 Å². The van der Waals surface area contributed by atoms with Crippen molar-refractivity contribution in [2.24, 2.45) is 23.2 Å². The molecular weight excluding hydrogens is 508 g/mol. The third-order valence-corrected chi connectivity index (χ3v) is 11.0. The molecule has 1 radical (unpaired) electrons. The first kappa shape index (κ1) is 29.0. The first-order valence-electron chi connectivity index (χ1n) is 16.1. The summed E-state index contributed by atoms with van der Waals surface area (Å²) in [5.41, 5.74) is 7.98. The van der Waals surface area contributed by atoms with Gasteiger partial charge in [0.25, 0.3) is 0 Å². The van der Waals surface area contributed by atoms with E-state index in [0.29, 0.717) is 25.6 Å². The van der Waals surface area contributed by atoms with Gasteiger partial charge in [-0.3, -0.25) is 0 Å². The summed E-state index contributed by atoms with van der Waals surface area (Å²) in [4.78, 5) is 0. The normalized spacial score (nSPS) is 30.1. The number of ether oxygens (including phenoxy) is 4. The van der Waals surface area contributed by atoms with Crippen LogP contribution in [0.25, 0.3) is 0 Å². The van der Waals surface area contributed by atoms with Crippen LogP contribution in [0.5, 0.6) is 5.75 Å². The zero-order chi connectivity index (χ0) is 28.2. The molecule has 4 aliphatic rings.